The van der Waals surface area contributed by atoms with Crippen molar-refractivity contribution in [2.45, 2.75) is 24.3 Å². The van der Waals surface area contributed by atoms with E-state index in [2.05, 4.69) is 0 Å². The zero-order valence-electron chi connectivity index (χ0n) is 9.70. The largest absolute Gasteiger partial charge is 0.455 e. The number of halogens is 10. The average molecular weight is 364 g/mol. The lowest BCUT2D eigenvalue weighted by molar-refractivity contribution is -0.291. The van der Waals surface area contributed by atoms with Gasteiger partial charge >= 0.3 is 18.3 Å². The molecule has 11 heteroatoms. The topological polar surface area (TPSA) is 26.0 Å². The maximum Gasteiger partial charge on any atom is 0.455 e. The second kappa shape index (κ2) is 6.13. The van der Waals surface area contributed by atoms with Crippen LogP contribution in [-0.2, 0) is 6.18 Å². The van der Waals surface area contributed by atoms with Crippen LogP contribution >= 0.6 is 24.0 Å². The predicted molar refractivity (Wildman–Crippen MR) is 61.6 cm³/mol. The molecule has 0 fully saturated rings. The summed E-state index contributed by atoms with van der Waals surface area (Å²) in [5.74, 6) is -5.39. The predicted octanol–water partition coefficient (Wildman–Crippen LogP) is 4.98. The Bertz CT molecular complexity index is 497. The monoisotopic (exact) mass is 363 g/mol. The third kappa shape index (κ3) is 4.33. The second-order valence-electron chi connectivity index (χ2n) is 3.87. The summed E-state index contributed by atoms with van der Waals surface area (Å²) in [6, 6.07) is -1.97. The van der Waals surface area contributed by atoms with Crippen LogP contribution in [0.5, 0.6) is 0 Å². The van der Waals surface area contributed by atoms with Crippen LogP contribution in [0.4, 0.5) is 35.1 Å². The maximum atomic E-state index is 13.0. The molecular formula is C10H7Cl2F8N. The lowest BCUT2D eigenvalue weighted by atomic mass is 9.99. The fourth-order valence-corrected chi connectivity index (χ4v) is 1.58. The lowest BCUT2D eigenvalue weighted by Crippen LogP contribution is -2.45. The molecule has 122 valence electrons. The summed E-state index contributed by atoms with van der Waals surface area (Å²) in [7, 11) is 0. The first-order chi connectivity index (χ1) is 8.76. The minimum atomic E-state index is -5.99. The summed E-state index contributed by atoms with van der Waals surface area (Å²) in [6.45, 7) is 0. The third-order valence-electron chi connectivity index (χ3n) is 2.38. The Kier molecular flexibility index (Phi) is 5.90. The van der Waals surface area contributed by atoms with Gasteiger partial charge in [0.1, 0.15) is 6.04 Å². The summed E-state index contributed by atoms with van der Waals surface area (Å²) in [5.41, 5.74) is 2.22. The van der Waals surface area contributed by atoms with Crippen LogP contribution in [0.15, 0.2) is 18.2 Å². The Morgan fingerprint density at radius 1 is 0.905 bits per heavy atom. The van der Waals surface area contributed by atoms with Crippen LogP contribution < -0.4 is 5.73 Å². The molecule has 1 aromatic rings. The normalized spacial score (nSPS) is 14.6. The standard InChI is InChI=1S/C10H6ClF8N.ClH/c11-6-2-4(1-5(3-6)9(14,15)16)7(20)8(12,13)10(17,18)19;/h1-3,7H,20H2;1H/t7-;/m1./s1. The van der Waals surface area contributed by atoms with Gasteiger partial charge in [0.2, 0.25) is 0 Å². The average Bonchev–Trinajstić information content (AvgIpc) is 2.24. The fourth-order valence-electron chi connectivity index (χ4n) is 1.34. The van der Waals surface area contributed by atoms with E-state index in [4.69, 9.17) is 17.3 Å². The second-order valence-corrected chi connectivity index (χ2v) is 4.31. The van der Waals surface area contributed by atoms with Crippen LogP contribution in [0, 0.1) is 0 Å². The van der Waals surface area contributed by atoms with Crippen LogP contribution in [-0.4, -0.2) is 12.1 Å². The molecule has 2 N–H and O–H groups in total. The van der Waals surface area contributed by atoms with E-state index in [0.29, 0.717) is 12.1 Å². The SMILES string of the molecule is Cl.N[C@H](c1cc(Cl)cc(C(F)(F)F)c1)C(F)(F)C(F)(F)F. The van der Waals surface area contributed by atoms with Gasteiger partial charge in [0.05, 0.1) is 5.56 Å². The molecule has 0 saturated carbocycles. The van der Waals surface area contributed by atoms with Crippen molar-refractivity contribution >= 4 is 24.0 Å². The molecule has 1 atom stereocenters. The molecular weight excluding hydrogens is 357 g/mol. The summed E-state index contributed by atoms with van der Waals surface area (Å²) in [4.78, 5) is 0. The number of rotatable bonds is 2. The molecule has 21 heavy (non-hydrogen) atoms. The molecule has 1 rings (SSSR count). The van der Waals surface area contributed by atoms with Gasteiger partial charge in [0, 0.05) is 5.02 Å². The highest BCUT2D eigenvalue weighted by Crippen LogP contribution is 2.44. The van der Waals surface area contributed by atoms with Crippen molar-refractivity contribution in [2.24, 2.45) is 5.73 Å². The summed E-state index contributed by atoms with van der Waals surface area (Å²) in [5, 5.41) is -0.650. The first-order valence-electron chi connectivity index (χ1n) is 4.84. The first kappa shape index (κ1) is 20.2. The van der Waals surface area contributed by atoms with Crippen LogP contribution in [0.1, 0.15) is 17.2 Å². The van der Waals surface area contributed by atoms with E-state index in [9.17, 15) is 35.1 Å². The Labute approximate surface area is 124 Å². The minimum absolute atomic E-state index is 0. The molecule has 0 heterocycles. The van der Waals surface area contributed by atoms with E-state index in [1.807, 2.05) is 0 Å². The Balaban J connectivity index is 0.00000400. The lowest BCUT2D eigenvalue weighted by Gasteiger charge is -2.26. The number of nitrogens with two attached hydrogens (primary N) is 1. The molecule has 0 aliphatic carbocycles. The zero-order valence-corrected chi connectivity index (χ0v) is 11.3. The number of alkyl halides is 8. The fraction of sp³-hybridized carbons (Fsp3) is 0.400. The molecule has 0 amide bonds. The van der Waals surface area contributed by atoms with E-state index >= 15 is 0 Å². The van der Waals surface area contributed by atoms with E-state index in [1.165, 1.54) is 0 Å². The molecule has 0 spiro atoms. The molecule has 1 aromatic carbocycles. The molecule has 1 nitrogen and oxygen atoms in total. The van der Waals surface area contributed by atoms with Gasteiger partial charge in [-0.3, -0.25) is 0 Å². The zero-order chi connectivity index (χ0) is 15.9. The molecule has 0 aromatic heterocycles. The Morgan fingerprint density at radius 3 is 1.76 bits per heavy atom. The van der Waals surface area contributed by atoms with Crippen LogP contribution in [0.3, 0.4) is 0 Å². The van der Waals surface area contributed by atoms with E-state index in [1.54, 1.807) is 0 Å². The first-order valence-corrected chi connectivity index (χ1v) is 5.22. The molecule has 0 saturated heterocycles. The Hall–Kier alpha value is -0.800. The van der Waals surface area contributed by atoms with Gasteiger partial charge in [-0.25, -0.2) is 0 Å². The van der Waals surface area contributed by atoms with Crippen LogP contribution in [0.25, 0.3) is 0 Å². The summed E-state index contributed by atoms with van der Waals surface area (Å²) in [6.07, 6.45) is -10.9. The molecule has 0 unspecified atom stereocenters. The van der Waals surface area contributed by atoms with Crippen molar-refractivity contribution in [1.82, 2.24) is 0 Å². The van der Waals surface area contributed by atoms with Crippen molar-refractivity contribution in [3.05, 3.63) is 34.3 Å². The molecule has 0 aliphatic rings. The number of benzene rings is 1. The highest BCUT2D eigenvalue weighted by atomic mass is 35.5. The van der Waals surface area contributed by atoms with E-state index < -0.39 is 40.5 Å². The third-order valence-corrected chi connectivity index (χ3v) is 2.59. The van der Waals surface area contributed by atoms with Gasteiger partial charge in [-0.15, -0.1) is 12.4 Å². The quantitative estimate of drug-likeness (QED) is 0.737. The van der Waals surface area contributed by atoms with Crippen molar-refractivity contribution in [3.8, 4) is 0 Å². The summed E-state index contributed by atoms with van der Waals surface area (Å²) >= 11 is 5.28. The van der Waals surface area contributed by atoms with Crippen molar-refractivity contribution < 1.29 is 35.1 Å². The van der Waals surface area contributed by atoms with Crippen molar-refractivity contribution in [3.63, 3.8) is 0 Å². The highest BCUT2D eigenvalue weighted by molar-refractivity contribution is 6.30. The van der Waals surface area contributed by atoms with Crippen molar-refractivity contribution in [1.29, 1.82) is 0 Å². The Morgan fingerprint density at radius 2 is 1.38 bits per heavy atom. The van der Waals surface area contributed by atoms with Gasteiger partial charge in [0.15, 0.2) is 0 Å². The smallest absolute Gasteiger partial charge is 0.319 e. The van der Waals surface area contributed by atoms with Gasteiger partial charge in [-0.2, -0.15) is 35.1 Å². The molecule has 0 bridgehead atoms. The number of hydrogen-bond donors (Lipinski definition) is 1. The summed E-state index contributed by atoms with van der Waals surface area (Å²) < 4.78 is 99.6. The van der Waals surface area contributed by atoms with Crippen molar-refractivity contribution in [2.75, 3.05) is 0 Å². The maximum absolute atomic E-state index is 13.0. The van der Waals surface area contributed by atoms with Gasteiger partial charge in [-0.1, -0.05) is 11.6 Å². The number of hydrogen-bond acceptors (Lipinski definition) is 1. The van der Waals surface area contributed by atoms with Gasteiger partial charge in [-0.05, 0) is 23.8 Å². The van der Waals surface area contributed by atoms with E-state index in [-0.39, 0.29) is 18.5 Å². The molecule has 0 radical (unpaired) electrons. The molecule has 0 aliphatic heterocycles. The highest BCUT2D eigenvalue weighted by Gasteiger charge is 2.61. The minimum Gasteiger partial charge on any atom is -0.319 e. The van der Waals surface area contributed by atoms with Gasteiger partial charge < -0.3 is 5.73 Å². The van der Waals surface area contributed by atoms with Gasteiger partial charge in [0.25, 0.3) is 0 Å². The van der Waals surface area contributed by atoms with Crippen LogP contribution in [0.2, 0.25) is 5.02 Å². The van der Waals surface area contributed by atoms with E-state index in [0.717, 1.165) is 0 Å².